The lowest BCUT2D eigenvalue weighted by atomic mass is 10.0. The van der Waals surface area contributed by atoms with Crippen molar-refractivity contribution >= 4 is 15.7 Å². The molecular weight excluding hydrogens is 264 g/mol. The van der Waals surface area contributed by atoms with Crippen molar-refractivity contribution in [3.05, 3.63) is 11.4 Å². The molecule has 6 nitrogen and oxygen atoms in total. The number of aromatic nitrogens is 2. The van der Waals surface area contributed by atoms with Crippen LogP contribution in [0.15, 0.2) is 0 Å². The van der Waals surface area contributed by atoms with E-state index in [1.54, 1.807) is 13.8 Å². The summed E-state index contributed by atoms with van der Waals surface area (Å²) in [4.78, 5) is 0. The first-order chi connectivity index (χ1) is 8.98. The molecule has 1 fully saturated rings. The largest absolute Gasteiger partial charge is 0.314 e. The van der Waals surface area contributed by atoms with Gasteiger partial charge in [0.25, 0.3) is 0 Å². The smallest absolute Gasteiger partial charge is 0.232 e. The SMILES string of the molecule is Cc1n[nH]c(C)c1NS(=O)(=O)CCC1CCCCN1. The Labute approximate surface area is 114 Å². The van der Waals surface area contributed by atoms with E-state index in [4.69, 9.17) is 0 Å². The highest BCUT2D eigenvalue weighted by Gasteiger charge is 2.19. The molecule has 0 aromatic carbocycles. The Kier molecular flexibility index (Phi) is 4.46. The molecule has 108 valence electrons. The lowest BCUT2D eigenvalue weighted by Gasteiger charge is -2.23. The summed E-state index contributed by atoms with van der Waals surface area (Å²) in [6.07, 6.45) is 4.10. The molecular formula is C12H22N4O2S. The Balaban J connectivity index is 1.91. The van der Waals surface area contributed by atoms with E-state index in [1.807, 2.05) is 0 Å². The Hall–Kier alpha value is -1.08. The summed E-state index contributed by atoms with van der Waals surface area (Å²) >= 11 is 0. The first-order valence-electron chi connectivity index (χ1n) is 6.73. The highest BCUT2D eigenvalue weighted by atomic mass is 32.2. The molecule has 1 aromatic rings. The predicted octanol–water partition coefficient (Wildman–Crippen LogP) is 1.30. The zero-order valence-electron chi connectivity index (χ0n) is 11.5. The van der Waals surface area contributed by atoms with Crippen LogP contribution in [0.4, 0.5) is 5.69 Å². The fraction of sp³-hybridized carbons (Fsp3) is 0.750. The van der Waals surface area contributed by atoms with Crippen LogP contribution in [0.5, 0.6) is 0 Å². The maximum Gasteiger partial charge on any atom is 0.232 e. The maximum absolute atomic E-state index is 12.1. The lowest BCUT2D eigenvalue weighted by Crippen LogP contribution is -2.36. The number of aryl methyl sites for hydroxylation is 2. The van der Waals surface area contributed by atoms with Crippen LogP contribution >= 0.6 is 0 Å². The molecule has 0 bridgehead atoms. The number of hydrogen-bond donors (Lipinski definition) is 3. The molecule has 1 aliphatic rings. The van der Waals surface area contributed by atoms with Gasteiger partial charge < -0.3 is 5.32 Å². The van der Waals surface area contributed by atoms with E-state index < -0.39 is 10.0 Å². The van der Waals surface area contributed by atoms with E-state index in [-0.39, 0.29) is 5.75 Å². The zero-order chi connectivity index (χ0) is 13.9. The molecule has 0 spiro atoms. The summed E-state index contributed by atoms with van der Waals surface area (Å²) in [5.74, 6) is 0.148. The fourth-order valence-corrected chi connectivity index (χ4v) is 3.68. The fourth-order valence-electron chi connectivity index (χ4n) is 2.38. The minimum Gasteiger partial charge on any atom is -0.314 e. The van der Waals surface area contributed by atoms with Crippen LogP contribution in [0.3, 0.4) is 0 Å². The van der Waals surface area contributed by atoms with Crippen molar-refractivity contribution in [2.75, 3.05) is 17.0 Å². The highest BCUT2D eigenvalue weighted by Crippen LogP contribution is 2.18. The van der Waals surface area contributed by atoms with Gasteiger partial charge in [0.1, 0.15) is 0 Å². The summed E-state index contributed by atoms with van der Waals surface area (Å²) in [5.41, 5.74) is 2.00. The molecule has 0 radical (unpaired) electrons. The van der Waals surface area contributed by atoms with Crippen LogP contribution in [-0.2, 0) is 10.0 Å². The average molecular weight is 286 g/mol. The summed E-state index contributed by atoms with van der Waals surface area (Å²) in [5, 5.41) is 10.1. The Bertz CT molecular complexity index is 498. The van der Waals surface area contributed by atoms with Gasteiger partial charge in [-0.1, -0.05) is 6.42 Å². The van der Waals surface area contributed by atoms with Gasteiger partial charge in [-0.3, -0.25) is 9.82 Å². The topological polar surface area (TPSA) is 86.9 Å². The van der Waals surface area contributed by atoms with Crippen molar-refractivity contribution in [1.82, 2.24) is 15.5 Å². The standard InChI is InChI=1S/C12H22N4O2S/c1-9-12(10(2)15-14-9)16-19(17,18)8-6-11-5-3-4-7-13-11/h11,13,16H,3-8H2,1-2H3,(H,14,15). The zero-order valence-corrected chi connectivity index (χ0v) is 12.3. The van der Waals surface area contributed by atoms with Crippen LogP contribution < -0.4 is 10.0 Å². The lowest BCUT2D eigenvalue weighted by molar-refractivity contribution is 0.393. The Morgan fingerprint density at radius 1 is 1.37 bits per heavy atom. The second-order valence-electron chi connectivity index (χ2n) is 5.17. The summed E-state index contributed by atoms with van der Waals surface area (Å²) < 4.78 is 26.8. The number of hydrogen-bond acceptors (Lipinski definition) is 4. The number of sulfonamides is 1. The van der Waals surface area contributed by atoms with Crippen LogP contribution in [-0.4, -0.2) is 37.0 Å². The van der Waals surface area contributed by atoms with Crippen molar-refractivity contribution in [3.63, 3.8) is 0 Å². The summed E-state index contributed by atoms with van der Waals surface area (Å²) in [6.45, 7) is 4.59. The third-order valence-electron chi connectivity index (χ3n) is 3.53. The van der Waals surface area contributed by atoms with E-state index in [2.05, 4.69) is 20.2 Å². The van der Waals surface area contributed by atoms with Crippen molar-refractivity contribution in [1.29, 1.82) is 0 Å². The molecule has 1 unspecified atom stereocenters. The number of aromatic amines is 1. The van der Waals surface area contributed by atoms with E-state index in [1.165, 1.54) is 12.8 Å². The van der Waals surface area contributed by atoms with Crippen LogP contribution in [0.2, 0.25) is 0 Å². The number of nitrogens with zero attached hydrogens (tertiary/aromatic N) is 1. The molecule has 1 atom stereocenters. The number of anilines is 1. The normalized spacial score (nSPS) is 20.4. The van der Waals surface area contributed by atoms with Crippen molar-refractivity contribution in [2.45, 2.75) is 45.6 Å². The number of nitrogens with one attached hydrogen (secondary N) is 3. The molecule has 0 amide bonds. The Morgan fingerprint density at radius 3 is 2.74 bits per heavy atom. The number of H-pyrrole nitrogens is 1. The van der Waals surface area contributed by atoms with E-state index >= 15 is 0 Å². The average Bonchev–Trinajstić information content (AvgIpc) is 2.69. The third kappa shape index (κ3) is 3.94. The Morgan fingerprint density at radius 2 is 2.16 bits per heavy atom. The molecule has 1 aromatic heterocycles. The molecule has 0 saturated carbocycles. The van der Waals surface area contributed by atoms with Crippen LogP contribution in [0.25, 0.3) is 0 Å². The monoisotopic (exact) mass is 286 g/mol. The van der Waals surface area contributed by atoms with Crippen molar-refractivity contribution in [2.24, 2.45) is 0 Å². The third-order valence-corrected chi connectivity index (χ3v) is 4.82. The van der Waals surface area contributed by atoms with Gasteiger partial charge >= 0.3 is 0 Å². The molecule has 3 N–H and O–H groups in total. The molecule has 1 saturated heterocycles. The molecule has 0 aliphatic carbocycles. The van der Waals surface area contributed by atoms with Crippen LogP contribution in [0.1, 0.15) is 37.1 Å². The van der Waals surface area contributed by atoms with Crippen LogP contribution in [0, 0.1) is 13.8 Å². The molecule has 19 heavy (non-hydrogen) atoms. The minimum atomic E-state index is -3.30. The van der Waals surface area contributed by atoms with E-state index in [9.17, 15) is 8.42 Å². The molecule has 1 aliphatic heterocycles. The summed E-state index contributed by atoms with van der Waals surface area (Å²) in [7, 11) is -3.30. The molecule has 7 heteroatoms. The first-order valence-corrected chi connectivity index (χ1v) is 8.38. The number of rotatable bonds is 5. The van der Waals surface area contributed by atoms with Crippen molar-refractivity contribution < 1.29 is 8.42 Å². The van der Waals surface area contributed by atoms with Gasteiger partial charge in [0.2, 0.25) is 10.0 Å². The second kappa shape index (κ2) is 5.92. The van der Waals surface area contributed by atoms with E-state index in [0.29, 0.717) is 23.8 Å². The van der Waals surface area contributed by atoms with Gasteiger partial charge in [0, 0.05) is 6.04 Å². The van der Waals surface area contributed by atoms with E-state index in [0.717, 1.165) is 18.7 Å². The van der Waals surface area contributed by atoms with Crippen molar-refractivity contribution in [3.8, 4) is 0 Å². The minimum absolute atomic E-state index is 0.148. The summed E-state index contributed by atoms with van der Waals surface area (Å²) in [6, 6.07) is 0.330. The quantitative estimate of drug-likeness (QED) is 0.761. The van der Waals surface area contributed by atoms with Gasteiger partial charge in [0.15, 0.2) is 0 Å². The highest BCUT2D eigenvalue weighted by molar-refractivity contribution is 7.92. The maximum atomic E-state index is 12.1. The predicted molar refractivity (Wildman–Crippen MR) is 75.7 cm³/mol. The molecule has 2 rings (SSSR count). The first kappa shape index (κ1) is 14.3. The second-order valence-corrected chi connectivity index (χ2v) is 7.01. The molecule has 2 heterocycles. The number of piperidine rings is 1. The van der Waals surface area contributed by atoms with Gasteiger partial charge in [-0.25, -0.2) is 8.42 Å². The van der Waals surface area contributed by atoms with Gasteiger partial charge in [-0.2, -0.15) is 5.10 Å². The van der Waals surface area contributed by atoms with Gasteiger partial charge in [0.05, 0.1) is 22.8 Å². The van der Waals surface area contributed by atoms with Gasteiger partial charge in [-0.15, -0.1) is 0 Å². The van der Waals surface area contributed by atoms with Gasteiger partial charge in [-0.05, 0) is 39.7 Å².